The van der Waals surface area contributed by atoms with Crippen molar-refractivity contribution in [1.82, 2.24) is 23.7 Å². The van der Waals surface area contributed by atoms with Crippen LogP contribution in [0.1, 0.15) is 5.69 Å². The van der Waals surface area contributed by atoms with Gasteiger partial charge in [0.2, 0.25) is 5.88 Å². The molecule has 9 heteroatoms. The Hall–Kier alpha value is -3.75. The lowest BCUT2D eigenvalue weighted by molar-refractivity contribution is 0.275. The molecule has 0 bridgehead atoms. The van der Waals surface area contributed by atoms with Crippen LogP contribution in [0.4, 0.5) is 0 Å². The Morgan fingerprint density at radius 1 is 1.03 bits per heavy atom. The van der Waals surface area contributed by atoms with Crippen LogP contribution in [0.3, 0.4) is 0 Å². The summed E-state index contributed by atoms with van der Waals surface area (Å²) in [4.78, 5) is 17.3. The van der Waals surface area contributed by atoms with E-state index in [0.717, 1.165) is 11.1 Å². The SMILES string of the molecule is COc1ccc(-c2cn(C)c(=O)n3cc(COc4ccnn4C)nc23)cc1OC. The van der Waals surface area contributed by atoms with Crippen molar-refractivity contribution in [3.8, 4) is 28.5 Å². The van der Waals surface area contributed by atoms with Crippen molar-refractivity contribution in [3.05, 3.63) is 59.0 Å². The summed E-state index contributed by atoms with van der Waals surface area (Å²) in [5, 5.41) is 4.07. The molecule has 0 saturated carbocycles. The molecule has 3 heterocycles. The van der Waals surface area contributed by atoms with Crippen LogP contribution in [-0.2, 0) is 20.7 Å². The van der Waals surface area contributed by atoms with Gasteiger partial charge in [0, 0.05) is 38.1 Å². The first kappa shape index (κ1) is 18.6. The molecule has 4 aromatic rings. The lowest BCUT2D eigenvalue weighted by Gasteiger charge is -2.11. The molecule has 3 aromatic heterocycles. The number of imidazole rings is 1. The van der Waals surface area contributed by atoms with Gasteiger partial charge in [-0.3, -0.25) is 4.40 Å². The summed E-state index contributed by atoms with van der Waals surface area (Å²) in [6, 6.07) is 7.36. The first-order valence-electron chi connectivity index (χ1n) is 8.92. The van der Waals surface area contributed by atoms with Crippen molar-refractivity contribution in [2.75, 3.05) is 14.2 Å². The van der Waals surface area contributed by atoms with E-state index in [1.807, 2.05) is 18.2 Å². The molecule has 0 fully saturated rings. The number of rotatable bonds is 6. The first-order valence-corrected chi connectivity index (χ1v) is 8.92. The Morgan fingerprint density at radius 3 is 2.52 bits per heavy atom. The molecule has 1 aromatic carbocycles. The molecule has 0 amide bonds. The largest absolute Gasteiger partial charge is 0.493 e. The zero-order valence-electron chi connectivity index (χ0n) is 16.6. The van der Waals surface area contributed by atoms with Crippen LogP contribution in [-0.4, -0.2) is 38.0 Å². The van der Waals surface area contributed by atoms with Crippen molar-refractivity contribution in [3.63, 3.8) is 0 Å². The predicted molar refractivity (Wildman–Crippen MR) is 107 cm³/mol. The molecule has 0 aliphatic heterocycles. The Morgan fingerprint density at radius 2 is 1.83 bits per heavy atom. The maximum Gasteiger partial charge on any atom is 0.333 e. The van der Waals surface area contributed by atoms with Crippen molar-refractivity contribution < 1.29 is 14.2 Å². The van der Waals surface area contributed by atoms with Crippen LogP contribution in [0.25, 0.3) is 16.8 Å². The molecule has 4 rings (SSSR count). The number of fused-ring (bicyclic) bond motifs is 1. The zero-order valence-corrected chi connectivity index (χ0v) is 16.6. The van der Waals surface area contributed by atoms with E-state index in [2.05, 4.69) is 10.1 Å². The van der Waals surface area contributed by atoms with E-state index in [9.17, 15) is 4.79 Å². The van der Waals surface area contributed by atoms with Gasteiger partial charge in [0.05, 0.1) is 26.1 Å². The summed E-state index contributed by atoms with van der Waals surface area (Å²) >= 11 is 0. The second kappa shape index (κ2) is 7.34. The lowest BCUT2D eigenvalue weighted by atomic mass is 10.1. The molecule has 0 spiro atoms. The van der Waals surface area contributed by atoms with E-state index in [-0.39, 0.29) is 12.3 Å². The van der Waals surface area contributed by atoms with E-state index in [4.69, 9.17) is 14.2 Å². The summed E-state index contributed by atoms with van der Waals surface area (Å²) < 4.78 is 21.2. The van der Waals surface area contributed by atoms with Gasteiger partial charge in [0.25, 0.3) is 0 Å². The van der Waals surface area contributed by atoms with Crippen LogP contribution < -0.4 is 19.9 Å². The average Bonchev–Trinajstić information content (AvgIpc) is 3.34. The van der Waals surface area contributed by atoms with Gasteiger partial charge in [0.15, 0.2) is 17.1 Å². The lowest BCUT2D eigenvalue weighted by Crippen LogP contribution is -2.23. The molecule has 0 atom stereocenters. The van der Waals surface area contributed by atoms with Crippen molar-refractivity contribution in [1.29, 1.82) is 0 Å². The molecule has 0 saturated heterocycles. The number of hydrogen-bond acceptors (Lipinski definition) is 6. The standard InChI is InChI=1S/C20H21N5O4/c1-23-11-15(13-5-6-16(27-3)17(9-13)28-4)19-22-14(10-25(19)20(23)26)12-29-18-7-8-21-24(18)2/h5-11H,12H2,1-4H3. The number of hydrogen-bond donors (Lipinski definition) is 0. The molecule has 0 aliphatic carbocycles. The van der Waals surface area contributed by atoms with Gasteiger partial charge in [-0.05, 0) is 17.7 Å². The van der Waals surface area contributed by atoms with Gasteiger partial charge in [0.1, 0.15) is 6.61 Å². The third kappa shape index (κ3) is 3.31. The minimum Gasteiger partial charge on any atom is -0.493 e. The Balaban J connectivity index is 1.78. The van der Waals surface area contributed by atoms with Gasteiger partial charge < -0.3 is 18.8 Å². The van der Waals surface area contributed by atoms with Gasteiger partial charge in [-0.15, -0.1) is 0 Å². The highest BCUT2D eigenvalue weighted by Crippen LogP contribution is 2.33. The van der Waals surface area contributed by atoms with Crippen LogP contribution in [0.2, 0.25) is 0 Å². The van der Waals surface area contributed by atoms with Crippen molar-refractivity contribution in [2.24, 2.45) is 14.1 Å². The topological polar surface area (TPSA) is 84.8 Å². The minimum atomic E-state index is -0.191. The first-order chi connectivity index (χ1) is 14.0. The Kier molecular flexibility index (Phi) is 4.71. The summed E-state index contributed by atoms with van der Waals surface area (Å²) in [6.45, 7) is 0.218. The smallest absolute Gasteiger partial charge is 0.333 e. The fourth-order valence-electron chi connectivity index (χ4n) is 3.17. The maximum atomic E-state index is 12.6. The molecule has 0 aliphatic rings. The number of benzene rings is 1. The molecule has 0 N–H and O–H groups in total. The number of aryl methyl sites for hydroxylation is 2. The van der Waals surface area contributed by atoms with E-state index >= 15 is 0 Å². The molecular weight excluding hydrogens is 374 g/mol. The van der Waals surface area contributed by atoms with Gasteiger partial charge in [-0.1, -0.05) is 6.07 Å². The van der Waals surface area contributed by atoms with E-state index in [1.165, 1.54) is 8.97 Å². The summed E-state index contributed by atoms with van der Waals surface area (Å²) in [7, 11) is 6.67. The summed E-state index contributed by atoms with van der Waals surface area (Å²) in [6.07, 6.45) is 5.11. The van der Waals surface area contributed by atoms with Crippen LogP contribution >= 0.6 is 0 Å². The molecule has 29 heavy (non-hydrogen) atoms. The Labute approximate surface area is 166 Å². The van der Waals surface area contributed by atoms with Gasteiger partial charge >= 0.3 is 5.69 Å². The fourth-order valence-corrected chi connectivity index (χ4v) is 3.17. The van der Waals surface area contributed by atoms with Crippen LogP contribution in [0, 0.1) is 0 Å². The van der Waals surface area contributed by atoms with E-state index in [0.29, 0.717) is 28.7 Å². The van der Waals surface area contributed by atoms with Crippen molar-refractivity contribution >= 4 is 5.65 Å². The highest BCUT2D eigenvalue weighted by Gasteiger charge is 2.15. The highest BCUT2D eigenvalue weighted by atomic mass is 16.5. The second-order valence-corrected chi connectivity index (χ2v) is 6.51. The molecule has 0 unspecified atom stereocenters. The third-order valence-electron chi connectivity index (χ3n) is 4.67. The number of methoxy groups -OCH3 is 2. The zero-order chi connectivity index (χ0) is 20.5. The minimum absolute atomic E-state index is 0.191. The van der Waals surface area contributed by atoms with E-state index in [1.54, 1.807) is 57.7 Å². The second-order valence-electron chi connectivity index (χ2n) is 6.51. The predicted octanol–water partition coefficient (Wildman–Crippen LogP) is 2.03. The number of ether oxygens (including phenoxy) is 3. The third-order valence-corrected chi connectivity index (χ3v) is 4.67. The van der Waals surface area contributed by atoms with Crippen LogP contribution in [0.15, 0.2) is 47.7 Å². The fraction of sp³-hybridized carbons (Fsp3) is 0.250. The molecular formula is C20H21N5O4. The summed E-state index contributed by atoms with van der Waals surface area (Å²) in [5.74, 6) is 1.85. The van der Waals surface area contributed by atoms with Crippen LogP contribution in [0.5, 0.6) is 17.4 Å². The monoisotopic (exact) mass is 395 g/mol. The molecule has 0 radical (unpaired) electrons. The Bertz CT molecular complexity index is 1240. The number of nitrogens with zero attached hydrogens (tertiary/aromatic N) is 5. The average molecular weight is 395 g/mol. The highest BCUT2D eigenvalue weighted by molar-refractivity contribution is 5.78. The van der Waals surface area contributed by atoms with E-state index < -0.39 is 0 Å². The molecule has 150 valence electrons. The van der Waals surface area contributed by atoms with Crippen molar-refractivity contribution in [2.45, 2.75) is 6.61 Å². The number of aromatic nitrogens is 5. The normalized spacial score (nSPS) is 11.0. The summed E-state index contributed by atoms with van der Waals surface area (Å²) in [5.41, 5.74) is 2.64. The quantitative estimate of drug-likeness (QED) is 0.497. The van der Waals surface area contributed by atoms with Gasteiger partial charge in [-0.25, -0.2) is 14.5 Å². The molecule has 9 nitrogen and oxygen atoms in total. The maximum absolute atomic E-state index is 12.6. The van der Waals surface area contributed by atoms with Gasteiger partial charge in [-0.2, -0.15) is 5.10 Å².